The molecule has 4 nitrogen and oxygen atoms in total. The van der Waals surface area contributed by atoms with Crippen LogP contribution in [0.4, 0.5) is 0 Å². The van der Waals surface area contributed by atoms with E-state index < -0.39 is 0 Å². The molecule has 0 aliphatic heterocycles. The second-order valence-corrected chi connectivity index (χ2v) is 7.87. The zero-order valence-electron chi connectivity index (χ0n) is 17.1. The predicted molar refractivity (Wildman–Crippen MR) is 102 cm³/mol. The Morgan fingerprint density at radius 2 is 1.50 bits per heavy atom. The van der Waals surface area contributed by atoms with Crippen LogP contribution in [0, 0.1) is 18.8 Å². The molecular formula is C20H39N2O2. The van der Waals surface area contributed by atoms with Gasteiger partial charge in [0.15, 0.2) is 0 Å². The molecule has 0 aliphatic carbocycles. The summed E-state index contributed by atoms with van der Waals surface area (Å²) >= 11 is 0. The van der Waals surface area contributed by atoms with E-state index in [9.17, 15) is 9.59 Å². The molecule has 1 radical (unpaired) electrons. The van der Waals surface area contributed by atoms with E-state index in [1.807, 2.05) is 37.5 Å². The molecule has 0 heterocycles. The third-order valence-electron chi connectivity index (χ3n) is 4.43. The van der Waals surface area contributed by atoms with Crippen molar-refractivity contribution >= 4 is 11.8 Å². The molecule has 0 aromatic rings. The number of nitrogens with zero attached hydrogens (tertiary/aromatic N) is 2. The summed E-state index contributed by atoms with van der Waals surface area (Å²) < 4.78 is 0. The van der Waals surface area contributed by atoms with Crippen LogP contribution in [0.25, 0.3) is 0 Å². The lowest BCUT2D eigenvalue weighted by Gasteiger charge is -2.33. The summed E-state index contributed by atoms with van der Waals surface area (Å²) in [7, 11) is 0. The van der Waals surface area contributed by atoms with Crippen molar-refractivity contribution in [2.45, 2.75) is 92.8 Å². The van der Waals surface area contributed by atoms with Gasteiger partial charge in [-0.25, -0.2) is 0 Å². The Morgan fingerprint density at radius 1 is 0.958 bits per heavy atom. The van der Waals surface area contributed by atoms with Gasteiger partial charge >= 0.3 is 0 Å². The van der Waals surface area contributed by atoms with Crippen LogP contribution in [0.5, 0.6) is 0 Å². The topological polar surface area (TPSA) is 40.6 Å². The average molecular weight is 340 g/mol. The minimum Gasteiger partial charge on any atom is -0.340 e. The normalized spacial score (nSPS) is 14.2. The second kappa shape index (κ2) is 10.7. The molecule has 2 amide bonds. The summed E-state index contributed by atoms with van der Waals surface area (Å²) in [6, 6.07) is 0.566. The van der Waals surface area contributed by atoms with Crippen LogP contribution in [-0.2, 0) is 9.59 Å². The first-order chi connectivity index (χ1) is 11.0. The molecule has 0 spiro atoms. The molecule has 141 valence electrons. The van der Waals surface area contributed by atoms with Gasteiger partial charge in [-0.1, -0.05) is 20.8 Å². The fourth-order valence-electron chi connectivity index (χ4n) is 2.97. The summed E-state index contributed by atoms with van der Waals surface area (Å²) in [5, 5.41) is 0. The molecule has 0 N–H and O–H groups in total. The highest BCUT2D eigenvalue weighted by molar-refractivity contribution is 5.81. The van der Waals surface area contributed by atoms with Crippen LogP contribution in [0.2, 0.25) is 0 Å². The Kier molecular flexibility index (Phi) is 10.3. The lowest BCUT2D eigenvalue weighted by molar-refractivity contribution is -0.138. The maximum Gasteiger partial charge on any atom is 0.225 e. The highest BCUT2D eigenvalue weighted by Crippen LogP contribution is 2.17. The summed E-state index contributed by atoms with van der Waals surface area (Å²) in [6.07, 6.45) is 1.83. The molecule has 2 unspecified atom stereocenters. The summed E-state index contributed by atoms with van der Waals surface area (Å²) in [6.45, 7) is 21.3. The van der Waals surface area contributed by atoms with Crippen molar-refractivity contribution in [2.75, 3.05) is 6.54 Å². The standard InChI is InChI=1S/C20H39N2O2/c1-10-18(9)22(16(6)7)19(23)12-11-17(8)20(24)21(15(4)5)13-14(2)3/h14-18H,8,10-13H2,1-7,9H3. The largest absolute Gasteiger partial charge is 0.340 e. The van der Waals surface area contributed by atoms with Crippen molar-refractivity contribution in [1.82, 2.24) is 9.80 Å². The van der Waals surface area contributed by atoms with Crippen LogP contribution in [0.3, 0.4) is 0 Å². The van der Waals surface area contributed by atoms with E-state index in [4.69, 9.17) is 0 Å². The van der Waals surface area contributed by atoms with Crippen molar-refractivity contribution in [3.05, 3.63) is 6.92 Å². The van der Waals surface area contributed by atoms with E-state index in [-0.39, 0.29) is 35.9 Å². The number of carbonyl (C=O) groups is 2. The first-order valence-corrected chi connectivity index (χ1v) is 9.47. The molecule has 24 heavy (non-hydrogen) atoms. The van der Waals surface area contributed by atoms with Gasteiger partial charge in [0.1, 0.15) is 0 Å². The molecule has 0 aliphatic rings. The average Bonchev–Trinajstić information content (AvgIpc) is 2.48. The maximum absolute atomic E-state index is 12.7. The number of hydrogen-bond acceptors (Lipinski definition) is 2. The Labute approximate surface area is 150 Å². The lowest BCUT2D eigenvalue weighted by Crippen LogP contribution is -2.44. The van der Waals surface area contributed by atoms with Gasteiger partial charge in [0, 0.05) is 37.0 Å². The number of amides is 2. The van der Waals surface area contributed by atoms with Crippen LogP contribution in [0.15, 0.2) is 0 Å². The van der Waals surface area contributed by atoms with Crippen molar-refractivity contribution in [3.63, 3.8) is 0 Å². The molecule has 0 saturated carbocycles. The van der Waals surface area contributed by atoms with E-state index in [2.05, 4.69) is 34.6 Å². The molecule has 0 fully saturated rings. The first kappa shape index (κ1) is 22.9. The van der Waals surface area contributed by atoms with Gasteiger partial charge in [-0.2, -0.15) is 0 Å². The zero-order valence-corrected chi connectivity index (χ0v) is 17.1. The predicted octanol–water partition coefficient (Wildman–Crippen LogP) is 4.15. The zero-order chi connectivity index (χ0) is 19.0. The van der Waals surface area contributed by atoms with Crippen molar-refractivity contribution in [3.8, 4) is 0 Å². The van der Waals surface area contributed by atoms with Gasteiger partial charge in [-0.3, -0.25) is 9.59 Å². The number of hydrogen-bond donors (Lipinski definition) is 0. The van der Waals surface area contributed by atoms with E-state index in [0.717, 1.165) is 13.0 Å². The fourth-order valence-corrected chi connectivity index (χ4v) is 2.97. The number of carbonyl (C=O) groups excluding carboxylic acids is 2. The quantitative estimate of drug-likeness (QED) is 0.600. The summed E-state index contributed by atoms with van der Waals surface area (Å²) in [4.78, 5) is 29.1. The Hall–Kier alpha value is -1.06. The molecule has 0 saturated heterocycles. The van der Waals surface area contributed by atoms with Gasteiger partial charge in [0.25, 0.3) is 0 Å². The minimum atomic E-state index is -0.360. The van der Waals surface area contributed by atoms with Gasteiger partial charge in [0.05, 0.1) is 0 Å². The first-order valence-electron chi connectivity index (χ1n) is 9.47. The Bertz CT molecular complexity index is 391. The summed E-state index contributed by atoms with van der Waals surface area (Å²) in [5.41, 5.74) is 0. The third-order valence-corrected chi connectivity index (χ3v) is 4.43. The monoisotopic (exact) mass is 339 g/mol. The summed E-state index contributed by atoms with van der Waals surface area (Å²) in [5.74, 6) is 0.250. The molecule has 4 heteroatoms. The second-order valence-electron chi connectivity index (χ2n) is 7.87. The SMILES string of the molecule is [CH2]C(CCC(=O)N(C(C)C)C(C)CC)C(=O)N(CC(C)C)C(C)C. The van der Waals surface area contributed by atoms with Crippen molar-refractivity contribution in [1.29, 1.82) is 0 Å². The molecule has 2 atom stereocenters. The van der Waals surface area contributed by atoms with E-state index >= 15 is 0 Å². The Balaban J connectivity index is 4.77. The van der Waals surface area contributed by atoms with Gasteiger partial charge in [-0.15, -0.1) is 0 Å². The number of rotatable bonds is 10. The highest BCUT2D eigenvalue weighted by atomic mass is 16.2. The van der Waals surface area contributed by atoms with E-state index in [1.54, 1.807) is 0 Å². The molecule has 0 bridgehead atoms. The van der Waals surface area contributed by atoms with E-state index in [0.29, 0.717) is 18.8 Å². The van der Waals surface area contributed by atoms with Crippen LogP contribution in [0.1, 0.15) is 74.7 Å². The molecule has 0 aromatic carbocycles. The van der Waals surface area contributed by atoms with Crippen LogP contribution in [-0.4, -0.2) is 46.3 Å². The van der Waals surface area contributed by atoms with Crippen LogP contribution >= 0.6 is 0 Å². The lowest BCUT2D eigenvalue weighted by atomic mass is 10.0. The van der Waals surface area contributed by atoms with Crippen molar-refractivity contribution < 1.29 is 9.59 Å². The Morgan fingerprint density at radius 3 is 1.88 bits per heavy atom. The molecular weight excluding hydrogens is 300 g/mol. The van der Waals surface area contributed by atoms with Gasteiger partial charge in [-0.05, 0) is 60.3 Å². The van der Waals surface area contributed by atoms with Gasteiger partial charge in [0.2, 0.25) is 11.8 Å². The minimum absolute atomic E-state index is 0.0612. The highest BCUT2D eigenvalue weighted by Gasteiger charge is 2.26. The van der Waals surface area contributed by atoms with E-state index in [1.165, 1.54) is 0 Å². The van der Waals surface area contributed by atoms with Crippen LogP contribution < -0.4 is 0 Å². The smallest absolute Gasteiger partial charge is 0.225 e. The molecule has 0 aromatic heterocycles. The van der Waals surface area contributed by atoms with Crippen molar-refractivity contribution in [2.24, 2.45) is 11.8 Å². The fraction of sp³-hybridized carbons (Fsp3) is 0.850. The van der Waals surface area contributed by atoms with Gasteiger partial charge < -0.3 is 9.80 Å². The maximum atomic E-state index is 12.7. The molecule has 0 rings (SSSR count). The third kappa shape index (κ3) is 7.23.